The smallest absolute Gasteiger partial charge is 0.407 e. The number of carbonyl (C=O) groups is 3. The Morgan fingerprint density at radius 2 is 1.69 bits per heavy atom. The Labute approximate surface area is 206 Å². The second-order valence-electron chi connectivity index (χ2n) is 9.69. The lowest BCUT2D eigenvalue weighted by atomic mass is 9.92. The van der Waals surface area contributed by atoms with Gasteiger partial charge in [0.15, 0.2) is 0 Å². The second kappa shape index (κ2) is 10.9. The SMILES string of the molecule is CCC(CNC(=O)OCC1c2ccccc2-c2ccccc21)CC(=O)N1CC(C(=O)O)CCC1C. The van der Waals surface area contributed by atoms with Crippen LogP contribution in [-0.4, -0.2) is 53.7 Å². The van der Waals surface area contributed by atoms with Crippen molar-refractivity contribution < 1.29 is 24.2 Å². The molecule has 2 aromatic rings. The van der Waals surface area contributed by atoms with Gasteiger partial charge in [-0.1, -0.05) is 61.9 Å². The highest BCUT2D eigenvalue weighted by Crippen LogP contribution is 2.44. The number of amides is 2. The van der Waals surface area contributed by atoms with Gasteiger partial charge in [-0.25, -0.2) is 4.79 Å². The minimum absolute atomic E-state index is 0.000491. The number of nitrogens with one attached hydrogen (secondary N) is 1. The average Bonchev–Trinajstić information content (AvgIpc) is 3.19. The van der Waals surface area contributed by atoms with E-state index in [4.69, 9.17) is 4.74 Å². The van der Waals surface area contributed by atoms with E-state index in [0.29, 0.717) is 19.4 Å². The zero-order chi connectivity index (χ0) is 24.9. The van der Waals surface area contributed by atoms with Crippen LogP contribution in [0.25, 0.3) is 11.1 Å². The van der Waals surface area contributed by atoms with Crippen LogP contribution in [0.2, 0.25) is 0 Å². The van der Waals surface area contributed by atoms with Gasteiger partial charge < -0.3 is 20.1 Å². The molecule has 1 saturated heterocycles. The largest absolute Gasteiger partial charge is 0.481 e. The van der Waals surface area contributed by atoms with Crippen molar-refractivity contribution in [3.63, 3.8) is 0 Å². The first-order valence-electron chi connectivity index (χ1n) is 12.5. The third-order valence-corrected chi connectivity index (χ3v) is 7.47. The maximum absolute atomic E-state index is 12.9. The van der Waals surface area contributed by atoms with Crippen molar-refractivity contribution in [2.45, 2.75) is 51.5 Å². The number of carboxylic acids is 1. The second-order valence-corrected chi connectivity index (χ2v) is 9.69. The number of rotatable bonds is 8. The highest BCUT2D eigenvalue weighted by molar-refractivity contribution is 5.80. The molecule has 0 spiro atoms. The molecule has 0 saturated carbocycles. The van der Waals surface area contributed by atoms with Gasteiger partial charge >= 0.3 is 12.1 Å². The molecule has 1 fully saturated rings. The normalized spacial score (nSPS) is 20.0. The molecule has 35 heavy (non-hydrogen) atoms. The van der Waals surface area contributed by atoms with Gasteiger partial charge in [-0.05, 0) is 47.9 Å². The van der Waals surface area contributed by atoms with E-state index in [-0.39, 0.29) is 43.4 Å². The summed E-state index contributed by atoms with van der Waals surface area (Å²) in [6, 6.07) is 16.4. The summed E-state index contributed by atoms with van der Waals surface area (Å²) < 4.78 is 5.60. The molecular formula is C28H34N2O5. The van der Waals surface area contributed by atoms with Crippen LogP contribution < -0.4 is 5.32 Å². The monoisotopic (exact) mass is 478 g/mol. The molecule has 3 unspecified atom stereocenters. The Kier molecular flexibility index (Phi) is 7.73. The summed E-state index contributed by atoms with van der Waals surface area (Å²) in [5, 5.41) is 12.2. The summed E-state index contributed by atoms with van der Waals surface area (Å²) in [7, 11) is 0. The van der Waals surface area contributed by atoms with E-state index in [1.165, 1.54) is 11.1 Å². The molecule has 2 aliphatic rings. The molecule has 1 heterocycles. The highest BCUT2D eigenvalue weighted by atomic mass is 16.5. The number of alkyl carbamates (subject to hydrolysis) is 1. The van der Waals surface area contributed by atoms with Crippen molar-refractivity contribution in [3.05, 3.63) is 59.7 Å². The molecule has 4 rings (SSSR count). The van der Waals surface area contributed by atoms with Gasteiger partial charge in [0.1, 0.15) is 6.61 Å². The van der Waals surface area contributed by atoms with Crippen LogP contribution in [0.5, 0.6) is 0 Å². The molecule has 1 aliphatic carbocycles. The molecule has 2 amide bonds. The first-order valence-corrected chi connectivity index (χ1v) is 12.5. The highest BCUT2D eigenvalue weighted by Gasteiger charge is 2.33. The van der Waals surface area contributed by atoms with E-state index in [1.54, 1.807) is 4.90 Å². The van der Waals surface area contributed by atoms with Crippen molar-refractivity contribution in [2.75, 3.05) is 19.7 Å². The van der Waals surface area contributed by atoms with E-state index in [2.05, 4.69) is 29.6 Å². The van der Waals surface area contributed by atoms with Gasteiger partial charge in [0, 0.05) is 31.5 Å². The Morgan fingerprint density at radius 3 is 2.29 bits per heavy atom. The Hall–Kier alpha value is -3.35. The molecule has 1 aliphatic heterocycles. The van der Waals surface area contributed by atoms with E-state index >= 15 is 0 Å². The number of piperidine rings is 1. The van der Waals surface area contributed by atoms with Crippen LogP contribution in [0, 0.1) is 11.8 Å². The standard InChI is InChI=1S/C28H34N2O5/c1-3-19(14-26(31)30-16-20(27(32)33)13-12-18(30)2)15-29-28(34)35-17-25-23-10-6-4-8-21(23)22-9-5-7-11-24(22)25/h4-11,18-20,25H,3,12-17H2,1-2H3,(H,29,34)(H,32,33). The molecule has 2 aromatic carbocycles. The fourth-order valence-electron chi connectivity index (χ4n) is 5.26. The molecule has 7 heteroatoms. The van der Waals surface area contributed by atoms with Crippen LogP contribution in [0.1, 0.15) is 56.6 Å². The fraction of sp³-hybridized carbons (Fsp3) is 0.464. The minimum Gasteiger partial charge on any atom is -0.481 e. The predicted octanol–water partition coefficient (Wildman–Crippen LogP) is 4.65. The molecule has 186 valence electrons. The van der Waals surface area contributed by atoms with Crippen LogP contribution in [0.4, 0.5) is 4.79 Å². The van der Waals surface area contributed by atoms with Gasteiger partial charge in [0.25, 0.3) is 0 Å². The topological polar surface area (TPSA) is 95.9 Å². The zero-order valence-corrected chi connectivity index (χ0v) is 20.4. The number of fused-ring (bicyclic) bond motifs is 3. The predicted molar refractivity (Wildman–Crippen MR) is 133 cm³/mol. The van der Waals surface area contributed by atoms with Gasteiger partial charge in [-0.2, -0.15) is 0 Å². The molecule has 2 N–H and O–H groups in total. The molecular weight excluding hydrogens is 444 g/mol. The number of carboxylic acid groups (broad SMARTS) is 1. The lowest BCUT2D eigenvalue weighted by molar-refractivity contribution is -0.147. The summed E-state index contributed by atoms with van der Waals surface area (Å²) in [6.45, 7) is 4.79. The molecule has 0 aromatic heterocycles. The molecule has 3 atom stereocenters. The number of hydrogen-bond donors (Lipinski definition) is 2. The van der Waals surface area contributed by atoms with Gasteiger partial charge in [0.05, 0.1) is 5.92 Å². The van der Waals surface area contributed by atoms with E-state index in [9.17, 15) is 19.5 Å². The first-order chi connectivity index (χ1) is 16.9. The summed E-state index contributed by atoms with van der Waals surface area (Å²) >= 11 is 0. The number of nitrogens with zero attached hydrogens (tertiary/aromatic N) is 1. The summed E-state index contributed by atoms with van der Waals surface area (Å²) in [4.78, 5) is 38.5. The minimum atomic E-state index is -0.848. The zero-order valence-electron chi connectivity index (χ0n) is 20.4. The molecule has 0 radical (unpaired) electrons. The Bertz CT molecular complexity index is 1040. The number of likely N-dealkylation sites (tertiary alicyclic amines) is 1. The summed E-state index contributed by atoms with van der Waals surface area (Å²) in [6.07, 6.45) is 1.80. The van der Waals surface area contributed by atoms with Gasteiger partial charge in [-0.3, -0.25) is 9.59 Å². The summed E-state index contributed by atoms with van der Waals surface area (Å²) in [5.74, 6) is -1.45. The fourth-order valence-corrected chi connectivity index (χ4v) is 5.26. The maximum atomic E-state index is 12.9. The van der Waals surface area contributed by atoms with Gasteiger partial charge in [-0.15, -0.1) is 0 Å². The van der Waals surface area contributed by atoms with Crippen LogP contribution >= 0.6 is 0 Å². The number of carbonyl (C=O) groups excluding carboxylic acids is 2. The molecule has 7 nitrogen and oxygen atoms in total. The quantitative estimate of drug-likeness (QED) is 0.576. The van der Waals surface area contributed by atoms with Crippen molar-refractivity contribution in [3.8, 4) is 11.1 Å². The lowest BCUT2D eigenvalue weighted by Gasteiger charge is -2.37. The Morgan fingerprint density at radius 1 is 1.06 bits per heavy atom. The number of benzene rings is 2. The van der Waals surface area contributed by atoms with Crippen LogP contribution in [-0.2, 0) is 14.3 Å². The third kappa shape index (κ3) is 5.50. The third-order valence-electron chi connectivity index (χ3n) is 7.47. The van der Waals surface area contributed by atoms with Crippen LogP contribution in [0.15, 0.2) is 48.5 Å². The van der Waals surface area contributed by atoms with Crippen molar-refractivity contribution >= 4 is 18.0 Å². The lowest BCUT2D eigenvalue weighted by Crippen LogP contribution is -2.48. The maximum Gasteiger partial charge on any atom is 0.407 e. The summed E-state index contributed by atoms with van der Waals surface area (Å²) in [5.41, 5.74) is 4.68. The molecule has 0 bridgehead atoms. The van der Waals surface area contributed by atoms with E-state index < -0.39 is 18.0 Å². The number of hydrogen-bond acceptors (Lipinski definition) is 4. The van der Waals surface area contributed by atoms with Crippen molar-refractivity contribution in [2.24, 2.45) is 11.8 Å². The van der Waals surface area contributed by atoms with E-state index in [1.807, 2.05) is 38.1 Å². The van der Waals surface area contributed by atoms with Crippen molar-refractivity contribution in [1.29, 1.82) is 0 Å². The van der Waals surface area contributed by atoms with Crippen molar-refractivity contribution in [1.82, 2.24) is 10.2 Å². The first kappa shape index (κ1) is 24.8. The van der Waals surface area contributed by atoms with Crippen LogP contribution in [0.3, 0.4) is 0 Å². The number of aliphatic carboxylic acids is 1. The number of ether oxygens (including phenoxy) is 1. The average molecular weight is 479 g/mol. The van der Waals surface area contributed by atoms with E-state index in [0.717, 1.165) is 17.5 Å². The van der Waals surface area contributed by atoms with Gasteiger partial charge in [0.2, 0.25) is 5.91 Å². The Balaban J connectivity index is 1.29.